The fourth-order valence-corrected chi connectivity index (χ4v) is 4.11. The molecule has 5 heteroatoms. The van der Waals surface area contributed by atoms with Crippen molar-refractivity contribution < 1.29 is 9.53 Å². The SMILES string of the molecule is Cc1ccc(OCC(=O)N(C)C2CCCCC2N2CCCC2)cc1.Cl. The number of carbonyl (C=O) groups is 1. The summed E-state index contributed by atoms with van der Waals surface area (Å²) >= 11 is 0. The van der Waals surface area contributed by atoms with Gasteiger partial charge in [-0.2, -0.15) is 0 Å². The summed E-state index contributed by atoms with van der Waals surface area (Å²) in [5.74, 6) is 0.855. The molecule has 1 aliphatic heterocycles. The predicted octanol–water partition coefficient (Wildman–Crippen LogP) is 3.66. The average Bonchev–Trinajstić information content (AvgIpc) is 3.15. The number of aryl methyl sites for hydroxylation is 1. The van der Waals surface area contributed by atoms with Crippen LogP contribution < -0.4 is 4.74 Å². The number of benzene rings is 1. The van der Waals surface area contributed by atoms with Gasteiger partial charge in [0.2, 0.25) is 0 Å². The number of halogens is 1. The zero-order valence-electron chi connectivity index (χ0n) is 15.4. The molecule has 0 spiro atoms. The highest BCUT2D eigenvalue weighted by Crippen LogP contribution is 2.29. The van der Waals surface area contributed by atoms with Crippen LogP contribution in [0.2, 0.25) is 0 Å². The molecule has 0 aromatic heterocycles. The van der Waals surface area contributed by atoms with Crippen LogP contribution in [0.3, 0.4) is 0 Å². The van der Waals surface area contributed by atoms with E-state index in [1.54, 1.807) is 0 Å². The third kappa shape index (κ3) is 5.11. The molecule has 1 aliphatic carbocycles. The number of amides is 1. The number of carbonyl (C=O) groups excluding carboxylic acids is 1. The van der Waals surface area contributed by atoms with Gasteiger partial charge < -0.3 is 9.64 Å². The molecule has 25 heavy (non-hydrogen) atoms. The Morgan fingerprint density at radius 2 is 1.76 bits per heavy atom. The molecular formula is C20H31ClN2O2. The fourth-order valence-electron chi connectivity index (χ4n) is 4.11. The summed E-state index contributed by atoms with van der Waals surface area (Å²) in [6.07, 6.45) is 7.47. The molecule has 1 saturated carbocycles. The van der Waals surface area contributed by atoms with Gasteiger partial charge in [0.25, 0.3) is 5.91 Å². The highest BCUT2D eigenvalue weighted by molar-refractivity contribution is 5.85. The van der Waals surface area contributed by atoms with Gasteiger partial charge in [0.15, 0.2) is 6.61 Å². The van der Waals surface area contributed by atoms with Crippen molar-refractivity contribution in [3.8, 4) is 5.75 Å². The molecule has 2 unspecified atom stereocenters. The maximum Gasteiger partial charge on any atom is 0.260 e. The lowest BCUT2D eigenvalue weighted by atomic mass is 9.88. The minimum atomic E-state index is 0. The van der Waals surface area contributed by atoms with Crippen molar-refractivity contribution in [1.29, 1.82) is 0 Å². The molecule has 1 aromatic rings. The van der Waals surface area contributed by atoms with E-state index in [0.29, 0.717) is 12.1 Å². The average molecular weight is 367 g/mol. The first kappa shape index (κ1) is 20.1. The Morgan fingerprint density at radius 1 is 1.12 bits per heavy atom. The quantitative estimate of drug-likeness (QED) is 0.797. The monoisotopic (exact) mass is 366 g/mol. The van der Waals surface area contributed by atoms with Gasteiger partial charge in [-0.25, -0.2) is 0 Å². The van der Waals surface area contributed by atoms with E-state index in [2.05, 4.69) is 4.90 Å². The maximum absolute atomic E-state index is 12.6. The normalized spacial score (nSPS) is 23.8. The smallest absolute Gasteiger partial charge is 0.260 e. The fraction of sp³-hybridized carbons (Fsp3) is 0.650. The van der Waals surface area contributed by atoms with Gasteiger partial charge in [0.05, 0.1) is 0 Å². The molecule has 2 aliphatic rings. The molecule has 4 nitrogen and oxygen atoms in total. The lowest BCUT2D eigenvalue weighted by Gasteiger charge is -2.42. The van der Waals surface area contributed by atoms with Crippen LogP contribution in [0, 0.1) is 6.92 Å². The second-order valence-electron chi connectivity index (χ2n) is 7.27. The van der Waals surface area contributed by atoms with E-state index in [0.717, 1.165) is 12.2 Å². The Morgan fingerprint density at radius 3 is 2.44 bits per heavy atom. The van der Waals surface area contributed by atoms with Gasteiger partial charge >= 0.3 is 0 Å². The molecule has 1 saturated heterocycles. The molecule has 0 N–H and O–H groups in total. The molecule has 3 rings (SSSR count). The van der Waals surface area contributed by atoms with Gasteiger partial charge in [-0.15, -0.1) is 12.4 Å². The van der Waals surface area contributed by atoms with E-state index in [-0.39, 0.29) is 24.9 Å². The van der Waals surface area contributed by atoms with Crippen molar-refractivity contribution >= 4 is 18.3 Å². The van der Waals surface area contributed by atoms with Crippen LogP contribution in [0.4, 0.5) is 0 Å². The summed E-state index contributed by atoms with van der Waals surface area (Å²) in [6, 6.07) is 8.75. The standard InChI is InChI=1S/C20H30N2O2.ClH/c1-16-9-11-17(12-10-16)24-15-20(23)21(2)18-7-3-4-8-19(18)22-13-5-6-14-22;/h9-12,18-19H,3-8,13-15H2,1-2H3;1H. The highest BCUT2D eigenvalue weighted by Gasteiger charge is 2.35. The maximum atomic E-state index is 12.6. The van der Waals surface area contributed by atoms with Crippen LogP contribution in [-0.4, -0.2) is 54.5 Å². The van der Waals surface area contributed by atoms with Crippen molar-refractivity contribution in [1.82, 2.24) is 9.80 Å². The molecular weight excluding hydrogens is 336 g/mol. The van der Waals surface area contributed by atoms with Crippen LogP contribution in [0.15, 0.2) is 24.3 Å². The number of hydrogen-bond acceptors (Lipinski definition) is 3. The van der Waals surface area contributed by atoms with Crippen molar-refractivity contribution in [3.63, 3.8) is 0 Å². The van der Waals surface area contributed by atoms with E-state index < -0.39 is 0 Å². The van der Waals surface area contributed by atoms with E-state index in [9.17, 15) is 4.79 Å². The third-order valence-electron chi connectivity index (χ3n) is 5.58. The van der Waals surface area contributed by atoms with Gasteiger partial charge in [0.1, 0.15) is 5.75 Å². The van der Waals surface area contributed by atoms with Crippen LogP contribution in [0.25, 0.3) is 0 Å². The molecule has 0 radical (unpaired) electrons. The molecule has 2 atom stereocenters. The van der Waals surface area contributed by atoms with Gasteiger partial charge in [-0.3, -0.25) is 9.69 Å². The van der Waals surface area contributed by atoms with E-state index in [1.165, 1.54) is 50.8 Å². The molecule has 1 heterocycles. The summed E-state index contributed by atoms with van der Waals surface area (Å²) in [5, 5.41) is 0. The van der Waals surface area contributed by atoms with Gasteiger partial charge in [-0.1, -0.05) is 30.5 Å². The zero-order valence-corrected chi connectivity index (χ0v) is 16.3. The number of rotatable bonds is 5. The number of ether oxygens (including phenoxy) is 1. The number of nitrogens with zero attached hydrogens (tertiary/aromatic N) is 2. The lowest BCUT2D eigenvalue weighted by Crippen LogP contribution is -2.53. The molecule has 2 fully saturated rings. The number of likely N-dealkylation sites (N-methyl/N-ethyl adjacent to an activating group) is 1. The summed E-state index contributed by atoms with van der Waals surface area (Å²) in [7, 11) is 1.96. The van der Waals surface area contributed by atoms with E-state index in [1.807, 2.05) is 43.1 Å². The van der Waals surface area contributed by atoms with Crippen molar-refractivity contribution in [2.45, 2.75) is 57.5 Å². The van der Waals surface area contributed by atoms with E-state index >= 15 is 0 Å². The second kappa shape index (κ2) is 9.44. The molecule has 0 bridgehead atoms. The van der Waals surface area contributed by atoms with Gasteiger partial charge in [0, 0.05) is 19.1 Å². The first-order valence-electron chi connectivity index (χ1n) is 9.34. The van der Waals surface area contributed by atoms with Crippen molar-refractivity contribution in [3.05, 3.63) is 29.8 Å². The lowest BCUT2D eigenvalue weighted by molar-refractivity contribution is -0.136. The topological polar surface area (TPSA) is 32.8 Å². The summed E-state index contributed by atoms with van der Waals surface area (Å²) in [6.45, 7) is 4.57. The summed E-state index contributed by atoms with van der Waals surface area (Å²) < 4.78 is 5.69. The van der Waals surface area contributed by atoms with Crippen LogP contribution in [0.1, 0.15) is 44.1 Å². The summed E-state index contributed by atoms with van der Waals surface area (Å²) in [4.78, 5) is 17.2. The van der Waals surface area contributed by atoms with Gasteiger partial charge in [-0.05, 0) is 57.8 Å². The van der Waals surface area contributed by atoms with Crippen molar-refractivity contribution in [2.24, 2.45) is 0 Å². The predicted molar refractivity (Wildman–Crippen MR) is 104 cm³/mol. The van der Waals surface area contributed by atoms with Crippen LogP contribution >= 0.6 is 12.4 Å². The third-order valence-corrected chi connectivity index (χ3v) is 5.58. The van der Waals surface area contributed by atoms with E-state index in [4.69, 9.17) is 4.74 Å². The second-order valence-corrected chi connectivity index (χ2v) is 7.27. The Kier molecular flexibility index (Phi) is 7.57. The van der Waals surface area contributed by atoms with Crippen LogP contribution in [0.5, 0.6) is 5.75 Å². The number of hydrogen-bond donors (Lipinski definition) is 0. The Labute approximate surface area is 157 Å². The van der Waals surface area contributed by atoms with Crippen molar-refractivity contribution in [2.75, 3.05) is 26.7 Å². The Balaban J connectivity index is 0.00000225. The Bertz CT molecular complexity index is 543. The highest BCUT2D eigenvalue weighted by atomic mass is 35.5. The minimum Gasteiger partial charge on any atom is -0.484 e. The first-order chi connectivity index (χ1) is 11.6. The Hall–Kier alpha value is -1.26. The minimum absolute atomic E-state index is 0. The zero-order chi connectivity index (χ0) is 16.9. The largest absolute Gasteiger partial charge is 0.484 e. The molecule has 140 valence electrons. The van der Waals surface area contributed by atoms with Crippen LogP contribution in [-0.2, 0) is 4.79 Å². The molecule has 1 amide bonds. The first-order valence-corrected chi connectivity index (χ1v) is 9.34. The summed E-state index contributed by atoms with van der Waals surface area (Å²) in [5.41, 5.74) is 1.20. The molecule has 1 aromatic carbocycles. The number of likely N-dealkylation sites (tertiary alicyclic amines) is 1.